The highest BCUT2D eigenvalue weighted by Gasteiger charge is 2.35. The maximum Gasteiger partial charge on any atom is 0.417 e. The Hall–Kier alpha value is -1.92. The van der Waals surface area contributed by atoms with Crippen LogP contribution in [0.5, 0.6) is 0 Å². The molecule has 164 valence electrons. The van der Waals surface area contributed by atoms with Gasteiger partial charge < -0.3 is 4.74 Å². The van der Waals surface area contributed by atoms with Crippen molar-refractivity contribution in [2.24, 2.45) is 0 Å². The number of aromatic nitrogens is 2. The maximum absolute atomic E-state index is 13.1. The Labute approximate surface area is 179 Å². The Bertz CT molecular complexity index is 1050. The number of esters is 1. The molecule has 0 saturated carbocycles. The molecule has 0 aliphatic heterocycles. The van der Waals surface area contributed by atoms with E-state index in [4.69, 9.17) is 4.74 Å². The van der Waals surface area contributed by atoms with Gasteiger partial charge in [0.05, 0.1) is 29.3 Å². The number of rotatable bonds is 6. The molecule has 1 aromatic carbocycles. The van der Waals surface area contributed by atoms with Crippen LogP contribution >= 0.6 is 15.9 Å². The summed E-state index contributed by atoms with van der Waals surface area (Å²) in [7, 11) is -4.22. The minimum Gasteiger partial charge on any atom is -0.465 e. The fraction of sp³-hybridized carbons (Fsp3) is 0.444. The van der Waals surface area contributed by atoms with Crippen molar-refractivity contribution in [2.75, 3.05) is 6.61 Å². The highest BCUT2D eigenvalue weighted by Crippen LogP contribution is 2.37. The Morgan fingerprint density at radius 3 is 2.80 bits per heavy atom. The second kappa shape index (κ2) is 8.67. The molecule has 0 radical (unpaired) electrons. The molecule has 0 fully saturated rings. The van der Waals surface area contributed by atoms with Crippen LogP contribution in [0.4, 0.5) is 13.2 Å². The molecule has 1 heterocycles. The lowest BCUT2D eigenvalue weighted by Crippen LogP contribution is -2.31. The molecule has 0 amide bonds. The van der Waals surface area contributed by atoms with Crippen molar-refractivity contribution in [3.8, 4) is 0 Å². The van der Waals surface area contributed by atoms with E-state index in [9.17, 15) is 26.4 Å². The van der Waals surface area contributed by atoms with E-state index in [1.54, 1.807) is 6.92 Å². The average molecular weight is 510 g/mol. The zero-order valence-corrected chi connectivity index (χ0v) is 18.3. The zero-order valence-electron chi connectivity index (χ0n) is 15.9. The van der Waals surface area contributed by atoms with Gasteiger partial charge in [-0.3, -0.25) is 9.48 Å². The van der Waals surface area contributed by atoms with Crippen LogP contribution in [0.15, 0.2) is 33.8 Å². The number of alkyl halides is 3. The van der Waals surface area contributed by atoms with Crippen LogP contribution in [0.2, 0.25) is 0 Å². The second-order valence-corrected chi connectivity index (χ2v) is 9.28. The summed E-state index contributed by atoms with van der Waals surface area (Å²) in [6.07, 6.45) is -1.54. The lowest BCUT2D eigenvalue weighted by Gasteiger charge is -2.24. The molecule has 1 aromatic heterocycles. The fourth-order valence-electron chi connectivity index (χ4n) is 3.35. The number of sulfonamides is 1. The number of ether oxygens (including phenoxy) is 1. The van der Waals surface area contributed by atoms with Gasteiger partial charge in [-0.15, -0.1) is 0 Å². The van der Waals surface area contributed by atoms with Crippen molar-refractivity contribution in [1.29, 1.82) is 0 Å². The normalized spacial score (nSPS) is 16.9. The molecular formula is C18H19BrF3N3O4S. The minimum atomic E-state index is -4.70. The molecule has 0 saturated heterocycles. The lowest BCUT2D eigenvalue weighted by molar-refractivity contribution is -0.144. The quantitative estimate of drug-likeness (QED) is 0.601. The van der Waals surface area contributed by atoms with Gasteiger partial charge in [0.2, 0.25) is 10.0 Å². The van der Waals surface area contributed by atoms with E-state index >= 15 is 0 Å². The number of carbonyl (C=O) groups excluding carboxylic acids is 1. The Kier molecular flexibility index (Phi) is 6.58. The van der Waals surface area contributed by atoms with Gasteiger partial charge in [0.15, 0.2) is 0 Å². The Morgan fingerprint density at radius 1 is 1.40 bits per heavy atom. The smallest absolute Gasteiger partial charge is 0.417 e. The summed E-state index contributed by atoms with van der Waals surface area (Å²) >= 11 is 2.80. The first-order valence-corrected chi connectivity index (χ1v) is 11.4. The standard InChI is InChI=1S/C18H19BrF3N3O4S/c1-2-29-17(26)10-25-16-5-3-4-15(12(16)9-23-25)24-30(27,28)11-6-7-14(19)13(8-11)18(20,21)22/h6-9,15,24H,2-5,10H2,1H3. The molecule has 12 heteroatoms. The van der Waals surface area contributed by atoms with Crippen molar-refractivity contribution in [1.82, 2.24) is 14.5 Å². The minimum absolute atomic E-state index is 0.0930. The van der Waals surface area contributed by atoms with Crippen LogP contribution in [0.3, 0.4) is 0 Å². The predicted octanol–water partition coefficient (Wildman–Crippen LogP) is 3.58. The van der Waals surface area contributed by atoms with Gasteiger partial charge in [-0.1, -0.05) is 15.9 Å². The summed E-state index contributed by atoms with van der Waals surface area (Å²) < 4.78 is 73.6. The van der Waals surface area contributed by atoms with Gasteiger partial charge in [-0.2, -0.15) is 18.3 Å². The van der Waals surface area contributed by atoms with Crippen molar-refractivity contribution in [3.63, 3.8) is 0 Å². The third kappa shape index (κ3) is 4.86. The van der Waals surface area contributed by atoms with Gasteiger partial charge in [0, 0.05) is 15.7 Å². The van der Waals surface area contributed by atoms with Crippen molar-refractivity contribution < 1.29 is 31.1 Å². The van der Waals surface area contributed by atoms with E-state index in [1.807, 2.05) is 0 Å². The Morgan fingerprint density at radius 2 is 2.13 bits per heavy atom. The molecule has 1 atom stereocenters. The van der Waals surface area contributed by atoms with E-state index < -0.39 is 38.7 Å². The largest absolute Gasteiger partial charge is 0.465 e. The molecule has 2 aromatic rings. The van der Waals surface area contributed by atoms with Gasteiger partial charge in [-0.25, -0.2) is 13.1 Å². The molecular weight excluding hydrogens is 491 g/mol. The van der Waals surface area contributed by atoms with E-state index in [0.29, 0.717) is 36.6 Å². The topological polar surface area (TPSA) is 90.3 Å². The summed E-state index contributed by atoms with van der Waals surface area (Å²) in [6, 6.07) is 2.10. The molecule has 3 rings (SSSR count). The number of hydrogen-bond donors (Lipinski definition) is 1. The molecule has 0 spiro atoms. The van der Waals surface area contributed by atoms with Gasteiger partial charge >= 0.3 is 12.1 Å². The summed E-state index contributed by atoms with van der Waals surface area (Å²) in [5.74, 6) is -0.458. The van der Waals surface area contributed by atoms with Crippen molar-refractivity contribution in [3.05, 3.63) is 45.7 Å². The van der Waals surface area contributed by atoms with Crippen LogP contribution in [0, 0.1) is 0 Å². The van der Waals surface area contributed by atoms with Crippen LogP contribution in [0.1, 0.15) is 42.6 Å². The van der Waals surface area contributed by atoms with E-state index in [2.05, 4.69) is 25.8 Å². The molecule has 7 nitrogen and oxygen atoms in total. The SMILES string of the molecule is CCOC(=O)Cn1ncc2c1CCCC2NS(=O)(=O)c1ccc(Br)c(C(F)(F)F)c1. The van der Waals surface area contributed by atoms with Crippen LogP contribution < -0.4 is 4.72 Å². The highest BCUT2D eigenvalue weighted by atomic mass is 79.9. The first kappa shape index (κ1) is 22.8. The Balaban J connectivity index is 1.86. The fourth-order valence-corrected chi connectivity index (χ4v) is 5.10. The molecule has 1 unspecified atom stereocenters. The van der Waals surface area contributed by atoms with Crippen LogP contribution in [-0.4, -0.2) is 30.8 Å². The third-order valence-electron chi connectivity index (χ3n) is 4.70. The van der Waals surface area contributed by atoms with Crippen molar-refractivity contribution >= 4 is 31.9 Å². The maximum atomic E-state index is 13.1. The van der Waals surface area contributed by atoms with E-state index in [1.165, 1.54) is 10.9 Å². The first-order valence-electron chi connectivity index (χ1n) is 9.12. The first-order chi connectivity index (χ1) is 14.0. The van der Waals surface area contributed by atoms with Gasteiger partial charge in [-0.05, 0) is 44.4 Å². The lowest BCUT2D eigenvalue weighted by atomic mass is 9.94. The molecule has 1 aliphatic rings. The average Bonchev–Trinajstić information content (AvgIpc) is 3.05. The monoisotopic (exact) mass is 509 g/mol. The molecule has 1 aliphatic carbocycles. The number of hydrogen-bond acceptors (Lipinski definition) is 5. The third-order valence-corrected chi connectivity index (χ3v) is 6.86. The zero-order chi connectivity index (χ0) is 22.1. The number of fused-ring (bicyclic) bond motifs is 1. The molecule has 1 N–H and O–H groups in total. The summed E-state index contributed by atoms with van der Waals surface area (Å²) in [5.41, 5.74) is 0.230. The summed E-state index contributed by atoms with van der Waals surface area (Å²) in [4.78, 5) is 11.3. The predicted molar refractivity (Wildman–Crippen MR) is 104 cm³/mol. The number of benzene rings is 1. The number of halogens is 4. The van der Waals surface area contributed by atoms with Crippen molar-refractivity contribution in [2.45, 2.75) is 49.8 Å². The molecule has 0 bridgehead atoms. The number of nitrogens with zero attached hydrogens (tertiary/aromatic N) is 2. The summed E-state index contributed by atoms with van der Waals surface area (Å²) in [6.45, 7) is 1.83. The van der Waals surface area contributed by atoms with Crippen LogP contribution in [-0.2, 0) is 38.7 Å². The summed E-state index contributed by atoms with van der Waals surface area (Å²) in [5, 5.41) is 4.16. The number of nitrogens with one attached hydrogen (secondary N) is 1. The van der Waals surface area contributed by atoms with Gasteiger partial charge in [0.25, 0.3) is 0 Å². The van der Waals surface area contributed by atoms with E-state index in [0.717, 1.165) is 12.1 Å². The second-order valence-electron chi connectivity index (χ2n) is 6.71. The highest BCUT2D eigenvalue weighted by molar-refractivity contribution is 9.10. The number of carbonyl (C=O) groups is 1. The van der Waals surface area contributed by atoms with E-state index in [-0.39, 0.29) is 17.6 Å². The molecule has 30 heavy (non-hydrogen) atoms. The van der Waals surface area contributed by atoms with Gasteiger partial charge in [0.1, 0.15) is 6.54 Å². The van der Waals surface area contributed by atoms with Crippen LogP contribution in [0.25, 0.3) is 0 Å².